The minimum Gasteiger partial charge on any atom is -0.478 e. The third-order valence-corrected chi connectivity index (χ3v) is 1.68. The van der Waals surface area contributed by atoms with Gasteiger partial charge in [-0.25, -0.2) is 9.18 Å². The van der Waals surface area contributed by atoms with E-state index < -0.39 is 18.4 Å². The number of benzene rings is 1. The van der Waals surface area contributed by atoms with E-state index >= 15 is 0 Å². The molecule has 0 spiro atoms. The summed E-state index contributed by atoms with van der Waals surface area (Å²) in [5.74, 6) is -1.54. The number of carbonyl (C=O) groups is 1. The normalized spacial score (nSPS) is 11.4. The van der Waals surface area contributed by atoms with Crippen LogP contribution in [0.2, 0.25) is 0 Å². The Bertz CT molecular complexity index is 354. The number of hydrogen-bond acceptors (Lipinski definition) is 2. The van der Waals surface area contributed by atoms with Gasteiger partial charge in [0.25, 0.3) is 0 Å². The van der Waals surface area contributed by atoms with Gasteiger partial charge in [0.2, 0.25) is 0 Å². The van der Waals surface area contributed by atoms with E-state index in [1.165, 1.54) is 24.3 Å². The molecule has 0 aliphatic rings. The molecule has 3 nitrogen and oxygen atoms in total. The SMILES string of the molecule is O=C(O)/C=C(\CO)c1ccc(F)cc1. The van der Waals surface area contributed by atoms with Crippen molar-refractivity contribution in [2.75, 3.05) is 6.61 Å². The zero-order valence-corrected chi connectivity index (χ0v) is 7.27. The highest BCUT2D eigenvalue weighted by Gasteiger charge is 2.02. The lowest BCUT2D eigenvalue weighted by Gasteiger charge is -2.02. The highest BCUT2D eigenvalue weighted by atomic mass is 19.1. The molecular weight excluding hydrogens is 187 g/mol. The second-order valence-corrected chi connectivity index (χ2v) is 2.67. The number of carboxylic acid groups (broad SMARTS) is 1. The summed E-state index contributed by atoms with van der Waals surface area (Å²) in [6.07, 6.45) is 0.896. The Morgan fingerprint density at radius 1 is 1.36 bits per heavy atom. The number of rotatable bonds is 3. The number of aliphatic carboxylic acids is 1. The van der Waals surface area contributed by atoms with E-state index in [0.717, 1.165) is 6.08 Å². The van der Waals surface area contributed by atoms with Gasteiger partial charge in [0.05, 0.1) is 6.61 Å². The van der Waals surface area contributed by atoms with Crippen LogP contribution < -0.4 is 0 Å². The molecule has 0 heterocycles. The summed E-state index contributed by atoms with van der Waals surface area (Å²) in [5.41, 5.74) is 0.744. The maximum atomic E-state index is 12.5. The summed E-state index contributed by atoms with van der Waals surface area (Å²) >= 11 is 0. The monoisotopic (exact) mass is 196 g/mol. The smallest absolute Gasteiger partial charge is 0.328 e. The molecule has 0 aromatic heterocycles. The average molecular weight is 196 g/mol. The second kappa shape index (κ2) is 4.53. The summed E-state index contributed by atoms with van der Waals surface area (Å²) in [5, 5.41) is 17.3. The van der Waals surface area contributed by atoms with Crippen LogP contribution in [-0.4, -0.2) is 22.8 Å². The molecule has 0 fully saturated rings. The Hall–Kier alpha value is -1.68. The van der Waals surface area contributed by atoms with Gasteiger partial charge in [-0.3, -0.25) is 0 Å². The van der Waals surface area contributed by atoms with Crippen molar-refractivity contribution >= 4 is 11.5 Å². The Balaban J connectivity index is 3.01. The van der Waals surface area contributed by atoms with E-state index in [2.05, 4.69) is 0 Å². The molecule has 1 aromatic carbocycles. The fourth-order valence-corrected chi connectivity index (χ4v) is 1.03. The molecule has 14 heavy (non-hydrogen) atoms. The average Bonchev–Trinajstić information content (AvgIpc) is 2.15. The van der Waals surface area contributed by atoms with Gasteiger partial charge < -0.3 is 10.2 Å². The Morgan fingerprint density at radius 2 is 1.93 bits per heavy atom. The molecule has 0 unspecified atom stereocenters. The summed E-state index contributed by atoms with van der Waals surface area (Å²) in [6, 6.07) is 5.25. The lowest BCUT2D eigenvalue weighted by atomic mass is 10.1. The molecule has 0 saturated carbocycles. The van der Waals surface area contributed by atoms with Gasteiger partial charge in [0, 0.05) is 6.08 Å². The molecule has 1 rings (SSSR count). The first-order valence-electron chi connectivity index (χ1n) is 3.94. The van der Waals surface area contributed by atoms with Crippen molar-refractivity contribution in [1.29, 1.82) is 0 Å². The Morgan fingerprint density at radius 3 is 2.36 bits per heavy atom. The Labute approximate surface area is 80.1 Å². The minimum atomic E-state index is -1.14. The molecule has 2 N–H and O–H groups in total. The van der Waals surface area contributed by atoms with Gasteiger partial charge in [-0.2, -0.15) is 0 Å². The number of carboxylic acids is 1. The highest BCUT2D eigenvalue weighted by Crippen LogP contribution is 2.13. The van der Waals surface area contributed by atoms with Crippen LogP contribution in [0.25, 0.3) is 5.57 Å². The lowest BCUT2D eigenvalue weighted by Crippen LogP contribution is -1.96. The van der Waals surface area contributed by atoms with Crippen LogP contribution in [0.3, 0.4) is 0 Å². The van der Waals surface area contributed by atoms with Crippen molar-refractivity contribution in [2.45, 2.75) is 0 Å². The largest absolute Gasteiger partial charge is 0.478 e. The van der Waals surface area contributed by atoms with E-state index in [0.29, 0.717) is 5.56 Å². The van der Waals surface area contributed by atoms with Crippen LogP contribution >= 0.6 is 0 Å². The summed E-state index contributed by atoms with van der Waals surface area (Å²) in [7, 11) is 0. The van der Waals surface area contributed by atoms with Crippen molar-refractivity contribution in [1.82, 2.24) is 0 Å². The number of hydrogen-bond donors (Lipinski definition) is 2. The number of halogens is 1. The van der Waals surface area contributed by atoms with Gasteiger partial charge in [0.15, 0.2) is 0 Å². The zero-order valence-electron chi connectivity index (χ0n) is 7.27. The van der Waals surface area contributed by atoms with E-state index in [1.807, 2.05) is 0 Å². The van der Waals surface area contributed by atoms with E-state index in [1.54, 1.807) is 0 Å². The molecule has 0 aliphatic heterocycles. The van der Waals surface area contributed by atoms with Crippen molar-refractivity contribution in [3.05, 3.63) is 41.7 Å². The number of aliphatic hydroxyl groups excluding tert-OH is 1. The van der Waals surface area contributed by atoms with Crippen LogP contribution in [-0.2, 0) is 4.79 Å². The lowest BCUT2D eigenvalue weighted by molar-refractivity contribution is -0.131. The maximum absolute atomic E-state index is 12.5. The van der Waals surface area contributed by atoms with Crippen LogP contribution in [0.4, 0.5) is 4.39 Å². The first-order valence-corrected chi connectivity index (χ1v) is 3.94. The quantitative estimate of drug-likeness (QED) is 0.716. The summed E-state index contributed by atoms with van der Waals surface area (Å²) in [6.45, 7) is -0.391. The molecule has 0 amide bonds. The van der Waals surface area contributed by atoms with E-state index in [-0.39, 0.29) is 5.57 Å². The summed E-state index contributed by atoms with van der Waals surface area (Å²) < 4.78 is 12.5. The predicted molar refractivity (Wildman–Crippen MR) is 49.1 cm³/mol. The van der Waals surface area contributed by atoms with Crippen LogP contribution in [0.15, 0.2) is 30.3 Å². The van der Waals surface area contributed by atoms with Crippen molar-refractivity contribution < 1.29 is 19.4 Å². The molecule has 0 saturated heterocycles. The fraction of sp³-hybridized carbons (Fsp3) is 0.100. The zero-order chi connectivity index (χ0) is 10.6. The van der Waals surface area contributed by atoms with Crippen LogP contribution in [0.1, 0.15) is 5.56 Å². The third kappa shape index (κ3) is 2.67. The minimum absolute atomic E-state index is 0.248. The fourth-order valence-electron chi connectivity index (χ4n) is 1.03. The first-order chi connectivity index (χ1) is 6.63. The second-order valence-electron chi connectivity index (χ2n) is 2.67. The molecular formula is C10H9FO3. The van der Waals surface area contributed by atoms with Crippen molar-refractivity contribution in [3.8, 4) is 0 Å². The van der Waals surface area contributed by atoms with Gasteiger partial charge >= 0.3 is 5.97 Å². The predicted octanol–water partition coefficient (Wildman–Crippen LogP) is 1.29. The maximum Gasteiger partial charge on any atom is 0.328 e. The van der Waals surface area contributed by atoms with Gasteiger partial charge in [-0.1, -0.05) is 12.1 Å². The van der Waals surface area contributed by atoms with E-state index in [9.17, 15) is 9.18 Å². The topological polar surface area (TPSA) is 57.5 Å². The van der Waals surface area contributed by atoms with Crippen molar-refractivity contribution in [3.63, 3.8) is 0 Å². The highest BCUT2D eigenvalue weighted by molar-refractivity contribution is 5.90. The molecule has 1 aromatic rings. The van der Waals surface area contributed by atoms with Crippen LogP contribution in [0, 0.1) is 5.82 Å². The van der Waals surface area contributed by atoms with Crippen LogP contribution in [0.5, 0.6) is 0 Å². The Kier molecular flexibility index (Phi) is 3.36. The molecule has 0 atom stereocenters. The standard InChI is InChI=1S/C10H9FO3/c11-9-3-1-7(2-4-9)8(6-12)5-10(13)14/h1-5,12H,6H2,(H,13,14)/b8-5+. The van der Waals surface area contributed by atoms with Gasteiger partial charge in [-0.15, -0.1) is 0 Å². The molecule has 0 aliphatic carbocycles. The summed E-state index contributed by atoms with van der Waals surface area (Å²) in [4.78, 5) is 10.3. The van der Waals surface area contributed by atoms with E-state index in [4.69, 9.17) is 10.2 Å². The van der Waals surface area contributed by atoms with Gasteiger partial charge in [-0.05, 0) is 23.3 Å². The molecule has 4 heteroatoms. The molecule has 74 valence electrons. The molecule has 0 bridgehead atoms. The van der Waals surface area contributed by atoms with Gasteiger partial charge in [0.1, 0.15) is 5.82 Å². The number of aliphatic hydroxyl groups is 1. The third-order valence-electron chi connectivity index (χ3n) is 1.68. The van der Waals surface area contributed by atoms with Crippen molar-refractivity contribution in [2.24, 2.45) is 0 Å². The molecule has 0 radical (unpaired) electrons. The first kappa shape index (κ1) is 10.4.